The second kappa shape index (κ2) is 9.02. The summed E-state index contributed by atoms with van der Waals surface area (Å²) in [6.07, 6.45) is 4.37. The van der Waals surface area contributed by atoms with Crippen LogP contribution in [0.25, 0.3) is 6.08 Å². The number of carboxylic acid groups (broad SMARTS) is 1. The molecule has 0 spiro atoms. The van der Waals surface area contributed by atoms with E-state index in [-0.39, 0.29) is 20.3 Å². The molecule has 1 aromatic rings. The zero-order valence-electron chi connectivity index (χ0n) is 16.8. The lowest BCUT2D eigenvalue weighted by molar-refractivity contribution is -0.140. The molecule has 1 aromatic heterocycles. The van der Waals surface area contributed by atoms with Crippen LogP contribution in [0.4, 0.5) is 5.82 Å². The van der Waals surface area contributed by atoms with Gasteiger partial charge < -0.3 is 10.0 Å². The van der Waals surface area contributed by atoms with Crippen LogP contribution in [0.15, 0.2) is 9.70 Å². The molecule has 158 valence electrons. The Bertz CT molecular complexity index is 1050. The van der Waals surface area contributed by atoms with E-state index in [2.05, 4.69) is 4.90 Å². The van der Waals surface area contributed by atoms with Gasteiger partial charge in [-0.25, -0.2) is 0 Å². The number of hydrogen-bond donors (Lipinski definition) is 1. The molecule has 0 aliphatic carbocycles. The molecule has 2 aliphatic rings. The lowest BCUT2D eigenvalue weighted by Gasteiger charge is -2.26. The Morgan fingerprint density at radius 2 is 2.00 bits per heavy atom. The number of aliphatic carboxylic acids is 1. The van der Waals surface area contributed by atoms with Crippen molar-refractivity contribution in [2.45, 2.75) is 39.7 Å². The SMILES string of the molecule is CCCn1c(N2CCCC2)c(C=C2SC(=S)N(CC(=O)O)C2=O)c(C)c(C#N)c1=O. The summed E-state index contributed by atoms with van der Waals surface area (Å²) in [4.78, 5) is 40.3. The second-order valence-corrected chi connectivity index (χ2v) is 8.84. The molecular weight excluding hydrogens is 424 g/mol. The van der Waals surface area contributed by atoms with Crippen molar-refractivity contribution in [3.8, 4) is 6.07 Å². The molecular formula is C20H22N4O4S2. The maximum absolute atomic E-state index is 13.0. The van der Waals surface area contributed by atoms with E-state index in [9.17, 15) is 19.6 Å². The molecule has 0 saturated carbocycles. The fourth-order valence-corrected chi connectivity index (χ4v) is 4.98. The van der Waals surface area contributed by atoms with Crippen molar-refractivity contribution in [1.29, 1.82) is 5.26 Å². The summed E-state index contributed by atoms with van der Waals surface area (Å²) in [6.45, 7) is 5.20. The maximum atomic E-state index is 13.0. The molecule has 8 nitrogen and oxygen atoms in total. The topological polar surface area (TPSA) is 107 Å². The minimum Gasteiger partial charge on any atom is -0.480 e. The quantitative estimate of drug-likeness (QED) is 0.524. The summed E-state index contributed by atoms with van der Waals surface area (Å²) >= 11 is 6.22. The van der Waals surface area contributed by atoms with Crippen molar-refractivity contribution in [2.24, 2.45) is 0 Å². The van der Waals surface area contributed by atoms with Crippen molar-refractivity contribution >= 4 is 52.1 Å². The van der Waals surface area contributed by atoms with Crippen molar-refractivity contribution < 1.29 is 14.7 Å². The number of carbonyl (C=O) groups is 2. The second-order valence-electron chi connectivity index (χ2n) is 7.16. The fourth-order valence-electron chi connectivity index (χ4n) is 3.75. The van der Waals surface area contributed by atoms with Crippen molar-refractivity contribution in [3.05, 3.63) is 31.9 Å². The van der Waals surface area contributed by atoms with Crippen LogP contribution in [0.5, 0.6) is 0 Å². The average Bonchev–Trinajstić information content (AvgIpc) is 3.30. The number of anilines is 1. The van der Waals surface area contributed by atoms with Crippen LogP contribution in [0.1, 0.15) is 42.9 Å². The molecule has 1 N–H and O–H groups in total. The molecule has 3 rings (SSSR count). The molecule has 1 amide bonds. The molecule has 2 saturated heterocycles. The molecule has 0 aromatic carbocycles. The highest BCUT2D eigenvalue weighted by molar-refractivity contribution is 8.26. The van der Waals surface area contributed by atoms with Gasteiger partial charge in [0.25, 0.3) is 11.5 Å². The van der Waals surface area contributed by atoms with Gasteiger partial charge in [-0.2, -0.15) is 5.26 Å². The van der Waals surface area contributed by atoms with Crippen LogP contribution < -0.4 is 10.5 Å². The van der Waals surface area contributed by atoms with E-state index >= 15 is 0 Å². The lowest BCUT2D eigenvalue weighted by Crippen LogP contribution is -2.34. The number of amides is 1. The number of nitriles is 1. The van der Waals surface area contributed by atoms with Gasteiger partial charge >= 0.3 is 5.97 Å². The first-order chi connectivity index (χ1) is 14.3. The van der Waals surface area contributed by atoms with Crippen LogP contribution >= 0.6 is 24.0 Å². The van der Waals surface area contributed by atoms with Gasteiger partial charge in [-0.1, -0.05) is 30.9 Å². The highest BCUT2D eigenvalue weighted by atomic mass is 32.2. The Morgan fingerprint density at radius 3 is 2.57 bits per heavy atom. The van der Waals surface area contributed by atoms with Gasteiger partial charge in [0.15, 0.2) is 0 Å². The van der Waals surface area contributed by atoms with Gasteiger partial charge in [-0.3, -0.25) is 23.9 Å². The summed E-state index contributed by atoms with van der Waals surface area (Å²) < 4.78 is 1.80. The Kier molecular flexibility index (Phi) is 6.63. The van der Waals surface area contributed by atoms with Gasteiger partial charge in [-0.05, 0) is 37.8 Å². The number of pyridine rings is 1. The van der Waals surface area contributed by atoms with Crippen LogP contribution in [0, 0.1) is 18.3 Å². The third-order valence-corrected chi connectivity index (χ3v) is 6.52. The molecule has 2 fully saturated rings. The van der Waals surface area contributed by atoms with E-state index in [1.807, 2.05) is 13.0 Å². The highest BCUT2D eigenvalue weighted by Gasteiger charge is 2.34. The lowest BCUT2D eigenvalue weighted by atomic mass is 10.0. The minimum absolute atomic E-state index is 0.0543. The van der Waals surface area contributed by atoms with E-state index < -0.39 is 18.4 Å². The first-order valence-corrected chi connectivity index (χ1v) is 10.9. The number of carbonyl (C=O) groups excluding carboxylic acids is 1. The zero-order chi connectivity index (χ0) is 22.0. The van der Waals surface area contributed by atoms with Crippen LogP contribution in [0.2, 0.25) is 0 Å². The molecule has 0 atom stereocenters. The van der Waals surface area contributed by atoms with E-state index in [4.69, 9.17) is 17.3 Å². The average molecular weight is 447 g/mol. The molecule has 0 radical (unpaired) electrons. The number of thioether (sulfide) groups is 1. The molecule has 0 bridgehead atoms. The molecule has 2 aliphatic heterocycles. The number of nitrogens with zero attached hydrogens (tertiary/aromatic N) is 4. The zero-order valence-corrected chi connectivity index (χ0v) is 18.4. The minimum atomic E-state index is -1.15. The summed E-state index contributed by atoms with van der Waals surface area (Å²) in [6, 6.07) is 2.01. The van der Waals surface area contributed by atoms with Gasteiger partial charge in [-0.15, -0.1) is 0 Å². The summed E-state index contributed by atoms with van der Waals surface area (Å²) in [7, 11) is 0. The Balaban J connectivity index is 2.22. The van der Waals surface area contributed by atoms with E-state index in [0.29, 0.717) is 23.5 Å². The predicted molar refractivity (Wildman–Crippen MR) is 119 cm³/mol. The number of carboxylic acids is 1. The normalized spacial score (nSPS) is 17.8. The fraction of sp³-hybridized carbons (Fsp3) is 0.450. The highest BCUT2D eigenvalue weighted by Crippen LogP contribution is 2.36. The van der Waals surface area contributed by atoms with Crippen molar-refractivity contribution in [1.82, 2.24) is 9.47 Å². The van der Waals surface area contributed by atoms with Gasteiger partial charge in [0, 0.05) is 25.2 Å². The third kappa shape index (κ3) is 4.00. The van der Waals surface area contributed by atoms with Crippen LogP contribution in [0.3, 0.4) is 0 Å². The molecule has 10 heteroatoms. The maximum Gasteiger partial charge on any atom is 0.323 e. The summed E-state index contributed by atoms with van der Waals surface area (Å²) in [5.41, 5.74) is 0.880. The van der Waals surface area contributed by atoms with Crippen molar-refractivity contribution in [2.75, 3.05) is 24.5 Å². The van der Waals surface area contributed by atoms with Gasteiger partial charge in [0.2, 0.25) is 0 Å². The monoisotopic (exact) mass is 446 g/mol. The Morgan fingerprint density at radius 1 is 1.33 bits per heavy atom. The smallest absolute Gasteiger partial charge is 0.323 e. The summed E-state index contributed by atoms with van der Waals surface area (Å²) in [5.74, 6) is -0.921. The Hall–Kier alpha value is -2.64. The number of aromatic nitrogens is 1. The summed E-state index contributed by atoms with van der Waals surface area (Å²) in [5, 5.41) is 18.7. The number of thiocarbonyl (C=S) groups is 1. The van der Waals surface area contributed by atoms with Gasteiger partial charge in [0.1, 0.15) is 28.3 Å². The predicted octanol–water partition coefficient (Wildman–Crippen LogP) is 2.32. The molecule has 30 heavy (non-hydrogen) atoms. The number of hydrogen-bond acceptors (Lipinski definition) is 7. The number of rotatable bonds is 6. The Labute approximate surface area is 183 Å². The third-order valence-electron chi connectivity index (χ3n) is 5.14. The van der Waals surface area contributed by atoms with Crippen molar-refractivity contribution in [3.63, 3.8) is 0 Å². The van der Waals surface area contributed by atoms with E-state index in [1.54, 1.807) is 17.6 Å². The van der Waals surface area contributed by atoms with Gasteiger partial charge in [0.05, 0.1) is 4.91 Å². The van der Waals surface area contributed by atoms with E-state index in [0.717, 1.165) is 49.0 Å². The first kappa shape index (κ1) is 22.1. The first-order valence-electron chi connectivity index (χ1n) is 9.69. The largest absolute Gasteiger partial charge is 0.480 e. The van der Waals surface area contributed by atoms with Crippen LogP contribution in [-0.4, -0.2) is 50.4 Å². The standard InChI is InChI=1S/C20H22N4O4S2/c1-3-6-23-17(22-7-4-5-8-22)13(12(2)14(10-21)18(23)27)9-15-19(28)24(11-16(25)26)20(29)30-15/h9H,3-8,11H2,1-2H3,(H,25,26). The van der Waals surface area contributed by atoms with E-state index in [1.165, 1.54) is 0 Å². The molecule has 0 unspecified atom stereocenters. The molecule has 3 heterocycles. The van der Waals surface area contributed by atoms with Crippen LogP contribution in [-0.2, 0) is 16.1 Å².